The molecule has 4 aromatic rings. The van der Waals surface area contributed by atoms with E-state index >= 15 is 0 Å². The summed E-state index contributed by atoms with van der Waals surface area (Å²) in [5.74, 6) is 0. The first-order valence-electron chi connectivity index (χ1n) is 21.1. The van der Waals surface area contributed by atoms with Crippen LogP contribution >= 0.6 is 0 Å². The molecule has 0 aliphatic carbocycles. The standard InChI is InChI=1S/C44H72O4Si8/c1-49(2,41-25-17-13-18-26-41)33-37-53(9)45-54(10,38-34-50(3,4)42-27-19-14-20-28-42)47-56(12,40-36-52(7,8)44-31-23-16-24-32-44)48-55(11,46-53)39-35-51(5,6)43-29-21-15-22-30-43/h13-32H,33-40H2,1-12H3. The number of benzene rings is 4. The second kappa shape index (κ2) is 18.0. The van der Waals surface area contributed by atoms with Crippen molar-refractivity contribution in [3.8, 4) is 0 Å². The van der Waals surface area contributed by atoms with Gasteiger partial charge in [0.05, 0.1) is 32.3 Å². The maximum Gasteiger partial charge on any atom is 0.317 e. The van der Waals surface area contributed by atoms with Gasteiger partial charge in [0, 0.05) is 0 Å². The first kappa shape index (κ1) is 45.5. The Labute approximate surface area is 349 Å². The zero-order valence-corrected chi connectivity index (χ0v) is 44.8. The van der Waals surface area contributed by atoms with E-state index in [9.17, 15) is 0 Å². The topological polar surface area (TPSA) is 36.9 Å². The molecule has 12 heteroatoms. The molecule has 1 saturated heterocycles. The van der Waals surface area contributed by atoms with E-state index in [4.69, 9.17) is 16.5 Å². The van der Waals surface area contributed by atoms with Crippen molar-refractivity contribution in [3.05, 3.63) is 121 Å². The minimum absolute atomic E-state index is 0.976. The molecule has 0 N–H and O–H groups in total. The van der Waals surface area contributed by atoms with Crippen molar-refractivity contribution in [1.82, 2.24) is 0 Å². The smallest absolute Gasteiger partial charge is 0.317 e. The highest BCUT2D eigenvalue weighted by molar-refractivity contribution is 6.98. The molecule has 5 rings (SSSR count). The average Bonchev–Trinajstić information content (AvgIpc) is 3.16. The molecule has 1 aliphatic rings. The Balaban J connectivity index is 1.52. The van der Waals surface area contributed by atoms with E-state index in [0.29, 0.717) is 0 Å². The molecule has 0 radical (unpaired) electrons. The third-order valence-electron chi connectivity index (χ3n) is 12.8. The summed E-state index contributed by atoms with van der Waals surface area (Å²) in [6.45, 7) is 29.7. The molecule has 56 heavy (non-hydrogen) atoms. The molecule has 1 fully saturated rings. The Morgan fingerprint density at radius 1 is 0.304 bits per heavy atom. The lowest BCUT2D eigenvalue weighted by atomic mass is 10.4. The van der Waals surface area contributed by atoms with Gasteiger partial charge in [-0.2, -0.15) is 0 Å². The molecule has 0 aromatic heterocycles. The van der Waals surface area contributed by atoms with Crippen LogP contribution in [-0.2, 0) is 16.5 Å². The Hall–Kier alpha value is -1.54. The van der Waals surface area contributed by atoms with E-state index in [2.05, 4.69) is 200 Å². The zero-order valence-electron chi connectivity index (χ0n) is 36.8. The predicted molar refractivity (Wildman–Crippen MR) is 263 cm³/mol. The van der Waals surface area contributed by atoms with Gasteiger partial charge in [-0.1, -0.05) is 219 Å². The van der Waals surface area contributed by atoms with Gasteiger partial charge in [-0.25, -0.2) is 0 Å². The highest BCUT2D eigenvalue weighted by atomic mass is 28.5. The fraction of sp³-hybridized carbons (Fsp3) is 0.455. The summed E-state index contributed by atoms with van der Waals surface area (Å²) in [6.07, 6.45) is 0. The Morgan fingerprint density at radius 2 is 0.464 bits per heavy atom. The van der Waals surface area contributed by atoms with Crippen LogP contribution in [0.15, 0.2) is 121 Å². The summed E-state index contributed by atoms with van der Waals surface area (Å²) in [6, 6.07) is 53.3. The average molecular weight is 890 g/mol. The van der Waals surface area contributed by atoms with Gasteiger partial charge in [-0.3, -0.25) is 0 Å². The minimum atomic E-state index is -2.79. The summed E-state index contributed by atoms with van der Waals surface area (Å²) in [5.41, 5.74) is 0. The Morgan fingerprint density at radius 3 is 0.625 bits per heavy atom. The van der Waals surface area contributed by atoms with Crippen LogP contribution in [0, 0.1) is 0 Å². The SMILES string of the molecule is C[Si]1(CC[Si](C)(C)c2ccccc2)O[Si](C)(CC[Si](C)(C)c2ccccc2)O[Si](C)(CC[Si](C)(C)c2ccccc2)O[Si](C)(CC[Si](C)(C)c2ccccc2)O1. The third kappa shape index (κ3) is 12.3. The quantitative estimate of drug-likeness (QED) is 0.105. The van der Waals surface area contributed by atoms with Gasteiger partial charge in [0.2, 0.25) is 0 Å². The van der Waals surface area contributed by atoms with Crippen molar-refractivity contribution in [2.75, 3.05) is 0 Å². The van der Waals surface area contributed by atoms with E-state index in [1.165, 1.54) is 20.7 Å². The molecule has 0 atom stereocenters. The number of hydrogen-bond acceptors (Lipinski definition) is 4. The first-order valence-corrected chi connectivity index (χ1v) is 44.0. The zero-order chi connectivity index (χ0) is 40.9. The van der Waals surface area contributed by atoms with Crippen molar-refractivity contribution in [2.24, 2.45) is 0 Å². The van der Waals surface area contributed by atoms with Gasteiger partial charge in [-0.05, 0) is 50.4 Å². The van der Waals surface area contributed by atoms with E-state index in [1.807, 2.05) is 0 Å². The lowest BCUT2D eigenvalue weighted by molar-refractivity contribution is 0.225. The summed E-state index contributed by atoms with van der Waals surface area (Å²) in [7, 11) is -18.2. The molecule has 0 spiro atoms. The van der Waals surface area contributed by atoms with E-state index < -0.39 is 66.5 Å². The van der Waals surface area contributed by atoms with Gasteiger partial charge in [-0.15, -0.1) is 0 Å². The molecule has 1 aliphatic heterocycles. The maximum atomic E-state index is 7.84. The monoisotopic (exact) mass is 888 g/mol. The molecular weight excluding hydrogens is 817 g/mol. The number of hydrogen-bond donors (Lipinski definition) is 0. The van der Waals surface area contributed by atoms with E-state index in [0.717, 1.165) is 48.4 Å². The lowest BCUT2D eigenvalue weighted by Gasteiger charge is -2.51. The molecule has 0 saturated carbocycles. The molecule has 0 unspecified atom stereocenters. The van der Waals surface area contributed by atoms with Crippen LogP contribution in [0.4, 0.5) is 0 Å². The van der Waals surface area contributed by atoms with E-state index in [1.54, 1.807) is 0 Å². The summed E-state index contributed by atoms with van der Waals surface area (Å²) < 4.78 is 31.4. The van der Waals surface area contributed by atoms with Crippen molar-refractivity contribution in [2.45, 2.75) is 127 Å². The minimum Gasteiger partial charge on any atom is -0.416 e. The molecular formula is C44H72O4Si8. The normalized spacial score (nSPS) is 25.4. The number of rotatable bonds is 16. The van der Waals surface area contributed by atoms with Crippen molar-refractivity contribution in [1.29, 1.82) is 0 Å². The second-order valence-corrected chi connectivity index (χ2v) is 53.7. The van der Waals surface area contributed by atoms with E-state index in [-0.39, 0.29) is 0 Å². The van der Waals surface area contributed by atoms with Gasteiger partial charge in [0.15, 0.2) is 0 Å². The summed E-state index contributed by atoms with van der Waals surface area (Å²) in [4.78, 5) is 0. The molecule has 1 heterocycles. The predicted octanol–water partition coefficient (Wildman–Crippen LogP) is 10.8. The lowest BCUT2D eigenvalue weighted by Crippen LogP contribution is -2.68. The van der Waals surface area contributed by atoms with Gasteiger partial charge in [0.25, 0.3) is 0 Å². The van der Waals surface area contributed by atoms with Crippen LogP contribution < -0.4 is 20.7 Å². The largest absolute Gasteiger partial charge is 0.416 e. The summed E-state index contributed by atoms with van der Waals surface area (Å²) in [5, 5.41) is 6.03. The molecule has 0 amide bonds. The molecule has 4 nitrogen and oxygen atoms in total. The van der Waals surface area contributed by atoms with Crippen molar-refractivity contribution >= 4 is 87.3 Å². The van der Waals surface area contributed by atoms with Crippen molar-refractivity contribution in [3.63, 3.8) is 0 Å². The van der Waals surface area contributed by atoms with Gasteiger partial charge < -0.3 is 16.5 Å². The van der Waals surface area contributed by atoms with Crippen molar-refractivity contribution < 1.29 is 16.5 Å². The van der Waals surface area contributed by atoms with Crippen LogP contribution in [0.2, 0.25) is 127 Å². The summed E-state index contributed by atoms with van der Waals surface area (Å²) >= 11 is 0. The first-order chi connectivity index (χ1) is 26.1. The van der Waals surface area contributed by atoms with Crippen LogP contribution in [0.5, 0.6) is 0 Å². The van der Waals surface area contributed by atoms with Crippen LogP contribution in [0.3, 0.4) is 0 Å². The molecule has 0 bridgehead atoms. The van der Waals surface area contributed by atoms with Crippen LogP contribution in [0.25, 0.3) is 0 Å². The molecule has 304 valence electrons. The molecule has 4 aromatic carbocycles. The van der Waals surface area contributed by atoms with Crippen LogP contribution in [0.1, 0.15) is 0 Å². The maximum absolute atomic E-state index is 7.84. The Kier molecular flexibility index (Phi) is 14.6. The second-order valence-electron chi connectivity index (χ2n) is 19.9. The third-order valence-corrected chi connectivity index (χ3v) is 46.8. The van der Waals surface area contributed by atoms with Gasteiger partial charge in [0.1, 0.15) is 0 Å². The highest BCUT2D eigenvalue weighted by Gasteiger charge is 2.57. The fourth-order valence-electron chi connectivity index (χ4n) is 8.61. The highest BCUT2D eigenvalue weighted by Crippen LogP contribution is 2.41. The van der Waals surface area contributed by atoms with Gasteiger partial charge >= 0.3 is 34.2 Å². The Bertz CT molecular complexity index is 1550. The fourth-order valence-corrected chi connectivity index (χ4v) is 51.5. The van der Waals surface area contributed by atoms with Crippen LogP contribution in [-0.4, -0.2) is 66.5 Å².